The first-order valence-electron chi connectivity index (χ1n) is 6.06. The fourth-order valence-corrected chi connectivity index (χ4v) is 2.13. The largest absolute Gasteiger partial charge is 0.347 e. The normalized spacial score (nSPS) is 29.2. The molecule has 2 heterocycles. The lowest BCUT2D eigenvalue weighted by Crippen LogP contribution is -2.53. The lowest BCUT2D eigenvalue weighted by molar-refractivity contribution is -0.121. The molecule has 0 spiro atoms. The maximum atomic E-state index is 11.9. The molecule has 0 bridgehead atoms. The van der Waals surface area contributed by atoms with Crippen LogP contribution in [0.25, 0.3) is 0 Å². The summed E-state index contributed by atoms with van der Waals surface area (Å²) >= 11 is 0. The molecule has 0 aliphatic carbocycles. The Kier molecular flexibility index (Phi) is 3.73. The van der Waals surface area contributed by atoms with Crippen LogP contribution < -0.4 is 16.1 Å². The highest BCUT2D eigenvalue weighted by atomic mass is 16.2. The Morgan fingerprint density at radius 1 is 1.47 bits per heavy atom. The molecule has 1 fully saturated rings. The van der Waals surface area contributed by atoms with E-state index in [1.54, 1.807) is 0 Å². The molecule has 0 saturated carbocycles. The monoisotopic (exact) mass is 238 g/mol. The number of nitrogens with one attached hydrogen (secondary N) is 3. The summed E-state index contributed by atoms with van der Waals surface area (Å²) in [6, 6.07) is 0.433. The van der Waals surface area contributed by atoms with Crippen molar-refractivity contribution in [3.8, 4) is 0 Å². The Labute approximate surface area is 100 Å². The standard InChI is InChI=1S/C11H18N4O2/c1-7-8(3-2-6-12-7)13-11(17)9-4-5-10(16)15-14-9/h7-8,12H,2-6H2,1H3,(H,13,17)(H,15,16). The van der Waals surface area contributed by atoms with Crippen molar-refractivity contribution >= 4 is 17.5 Å². The van der Waals surface area contributed by atoms with Crippen molar-refractivity contribution in [2.24, 2.45) is 5.10 Å². The molecule has 2 rings (SSSR count). The van der Waals surface area contributed by atoms with Gasteiger partial charge in [0.1, 0.15) is 5.71 Å². The zero-order valence-electron chi connectivity index (χ0n) is 9.95. The van der Waals surface area contributed by atoms with Gasteiger partial charge in [-0.2, -0.15) is 5.10 Å². The van der Waals surface area contributed by atoms with Gasteiger partial charge in [-0.05, 0) is 26.3 Å². The second-order valence-electron chi connectivity index (χ2n) is 4.56. The third-order valence-electron chi connectivity index (χ3n) is 3.24. The van der Waals surface area contributed by atoms with Crippen molar-refractivity contribution in [2.45, 2.75) is 44.7 Å². The summed E-state index contributed by atoms with van der Waals surface area (Å²) in [5, 5.41) is 10.1. The Morgan fingerprint density at radius 2 is 2.29 bits per heavy atom. The van der Waals surface area contributed by atoms with Gasteiger partial charge in [0.25, 0.3) is 5.91 Å². The van der Waals surface area contributed by atoms with Gasteiger partial charge in [-0.1, -0.05) is 0 Å². The molecule has 0 aromatic carbocycles. The summed E-state index contributed by atoms with van der Waals surface area (Å²) in [7, 11) is 0. The zero-order valence-corrected chi connectivity index (χ0v) is 9.95. The van der Waals surface area contributed by atoms with Gasteiger partial charge in [-0.25, -0.2) is 5.43 Å². The Balaban J connectivity index is 1.90. The summed E-state index contributed by atoms with van der Waals surface area (Å²) in [5.41, 5.74) is 2.75. The van der Waals surface area contributed by atoms with Crippen molar-refractivity contribution in [2.75, 3.05) is 6.54 Å². The molecular formula is C11H18N4O2. The van der Waals surface area contributed by atoms with Crippen LogP contribution in [0.3, 0.4) is 0 Å². The molecule has 2 aliphatic rings. The number of piperidine rings is 1. The molecular weight excluding hydrogens is 220 g/mol. The predicted octanol–water partition coefficient (Wildman–Crippen LogP) is -0.491. The van der Waals surface area contributed by atoms with E-state index in [1.807, 2.05) is 0 Å². The predicted molar refractivity (Wildman–Crippen MR) is 63.4 cm³/mol. The second kappa shape index (κ2) is 5.27. The summed E-state index contributed by atoms with van der Waals surface area (Å²) < 4.78 is 0. The minimum Gasteiger partial charge on any atom is -0.347 e. The third kappa shape index (κ3) is 3.03. The molecule has 2 amide bonds. The molecule has 0 aromatic heterocycles. The lowest BCUT2D eigenvalue weighted by atomic mass is 9.99. The van der Waals surface area contributed by atoms with Crippen molar-refractivity contribution < 1.29 is 9.59 Å². The van der Waals surface area contributed by atoms with E-state index >= 15 is 0 Å². The van der Waals surface area contributed by atoms with E-state index in [-0.39, 0.29) is 23.9 Å². The van der Waals surface area contributed by atoms with Gasteiger partial charge >= 0.3 is 0 Å². The van der Waals surface area contributed by atoms with E-state index in [0.717, 1.165) is 19.4 Å². The van der Waals surface area contributed by atoms with E-state index < -0.39 is 0 Å². The molecule has 94 valence electrons. The van der Waals surface area contributed by atoms with Gasteiger partial charge in [-0.3, -0.25) is 9.59 Å². The van der Waals surface area contributed by atoms with Crippen molar-refractivity contribution in [3.05, 3.63) is 0 Å². The van der Waals surface area contributed by atoms with Crippen molar-refractivity contribution in [3.63, 3.8) is 0 Å². The number of hydrogen-bond donors (Lipinski definition) is 3. The average Bonchev–Trinajstić information content (AvgIpc) is 2.33. The molecule has 6 heteroatoms. The van der Waals surface area contributed by atoms with Crippen LogP contribution in [0, 0.1) is 0 Å². The van der Waals surface area contributed by atoms with E-state index in [0.29, 0.717) is 18.6 Å². The molecule has 0 radical (unpaired) electrons. The number of hydrogen-bond acceptors (Lipinski definition) is 4. The van der Waals surface area contributed by atoms with Crippen molar-refractivity contribution in [1.82, 2.24) is 16.1 Å². The topological polar surface area (TPSA) is 82.6 Å². The maximum absolute atomic E-state index is 11.9. The Bertz CT molecular complexity index is 353. The lowest BCUT2D eigenvalue weighted by Gasteiger charge is -2.30. The highest BCUT2D eigenvalue weighted by Crippen LogP contribution is 2.09. The maximum Gasteiger partial charge on any atom is 0.267 e. The first-order valence-corrected chi connectivity index (χ1v) is 6.06. The Morgan fingerprint density at radius 3 is 2.94 bits per heavy atom. The van der Waals surface area contributed by atoms with Crippen LogP contribution >= 0.6 is 0 Å². The number of amides is 2. The van der Waals surface area contributed by atoms with Crippen LogP contribution in [0.1, 0.15) is 32.6 Å². The van der Waals surface area contributed by atoms with Gasteiger partial charge in [-0.15, -0.1) is 0 Å². The number of nitrogens with zero attached hydrogens (tertiary/aromatic N) is 1. The van der Waals surface area contributed by atoms with E-state index in [2.05, 4.69) is 28.1 Å². The number of rotatable bonds is 2. The molecule has 2 aliphatic heterocycles. The third-order valence-corrected chi connectivity index (χ3v) is 3.24. The highest BCUT2D eigenvalue weighted by molar-refractivity contribution is 6.39. The summed E-state index contributed by atoms with van der Waals surface area (Å²) in [5.74, 6) is -0.292. The van der Waals surface area contributed by atoms with Crippen LogP contribution in [0.5, 0.6) is 0 Å². The van der Waals surface area contributed by atoms with E-state index in [9.17, 15) is 9.59 Å². The minimum atomic E-state index is -0.162. The van der Waals surface area contributed by atoms with Crippen molar-refractivity contribution in [1.29, 1.82) is 0 Å². The summed E-state index contributed by atoms with van der Waals surface area (Å²) in [6.07, 6.45) is 2.81. The number of carbonyl (C=O) groups is 2. The fourth-order valence-electron chi connectivity index (χ4n) is 2.13. The first-order chi connectivity index (χ1) is 8.16. The summed E-state index contributed by atoms with van der Waals surface area (Å²) in [4.78, 5) is 22.8. The summed E-state index contributed by atoms with van der Waals surface area (Å²) in [6.45, 7) is 3.07. The van der Waals surface area contributed by atoms with Gasteiger partial charge in [0.05, 0.1) is 0 Å². The van der Waals surface area contributed by atoms with Gasteiger partial charge in [0, 0.05) is 24.9 Å². The molecule has 17 heavy (non-hydrogen) atoms. The number of hydrazone groups is 1. The van der Waals surface area contributed by atoms with Crippen LogP contribution in [0.15, 0.2) is 5.10 Å². The van der Waals surface area contributed by atoms with Gasteiger partial charge < -0.3 is 10.6 Å². The molecule has 2 atom stereocenters. The van der Waals surface area contributed by atoms with E-state index in [1.165, 1.54) is 0 Å². The molecule has 0 aromatic rings. The van der Waals surface area contributed by atoms with Crippen LogP contribution in [0.2, 0.25) is 0 Å². The Hall–Kier alpha value is -1.43. The second-order valence-corrected chi connectivity index (χ2v) is 4.56. The zero-order chi connectivity index (χ0) is 12.3. The smallest absolute Gasteiger partial charge is 0.267 e. The molecule has 2 unspecified atom stereocenters. The van der Waals surface area contributed by atoms with Crippen LogP contribution in [0.4, 0.5) is 0 Å². The van der Waals surface area contributed by atoms with E-state index in [4.69, 9.17) is 0 Å². The fraction of sp³-hybridized carbons (Fsp3) is 0.727. The van der Waals surface area contributed by atoms with Crippen LogP contribution in [-0.4, -0.2) is 36.2 Å². The van der Waals surface area contributed by atoms with Crippen LogP contribution in [-0.2, 0) is 9.59 Å². The SMILES string of the molecule is CC1NCCCC1NC(=O)C1=NNC(=O)CC1. The highest BCUT2D eigenvalue weighted by Gasteiger charge is 2.25. The van der Waals surface area contributed by atoms with Gasteiger partial charge in [0.15, 0.2) is 0 Å². The molecule has 3 N–H and O–H groups in total. The average molecular weight is 238 g/mol. The quantitative estimate of drug-likeness (QED) is 0.607. The first kappa shape index (κ1) is 12.0. The molecule has 6 nitrogen and oxygen atoms in total. The van der Waals surface area contributed by atoms with Gasteiger partial charge in [0.2, 0.25) is 5.91 Å². The number of carbonyl (C=O) groups excluding carboxylic acids is 2. The minimum absolute atomic E-state index is 0.130. The molecule has 1 saturated heterocycles.